The van der Waals surface area contributed by atoms with Crippen molar-refractivity contribution in [3.05, 3.63) is 34.1 Å². The fraction of sp³-hybridized carbons (Fsp3) is 0.455. The van der Waals surface area contributed by atoms with Gasteiger partial charge in [-0.1, -0.05) is 22.9 Å². The predicted molar refractivity (Wildman–Crippen MR) is 69.9 cm³/mol. The molecule has 1 rings (SSSR count). The van der Waals surface area contributed by atoms with Gasteiger partial charge in [0.2, 0.25) is 10.0 Å². The van der Waals surface area contributed by atoms with E-state index in [1.807, 2.05) is 0 Å². The van der Waals surface area contributed by atoms with Crippen LogP contribution in [-0.4, -0.2) is 20.7 Å². The van der Waals surface area contributed by atoms with Crippen LogP contribution in [0.25, 0.3) is 0 Å². The van der Waals surface area contributed by atoms with E-state index in [1.165, 1.54) is 6.07 Å². The topological polar surface area (TPSA) is 46.2 Å². The van der Waals surface area contributed by atoms with Crippen LogP contribution in [0, 0.1) is 5.82 Å². The summed E-state index contributed by atoms with van der Waals surface area (Å²) in [6.07, 6.45) is 0.912. The van der Waals surface area contributed by atoms with Crippen LogP contribution >= 0.6 is 15.9 Å². The van der Waals surface area contributed by atoms with Crippen molar-refractivity contribution >= 4 is 26.0 Å². The van der Waals surface area contributed by atoms with Gasteiger partial charge in [-0.2, -0.15) is 0 Å². The number of rotatable bonds is 6. The van der Waals surface area contributed by atoms with Gasteiger partial charge in [0.05, 0.1) is 5.75 Å². The van der Waals surface area contributed by atoms with E-state index in [0.717, 1.165) is 4.47 Å². The summed E-state index contributed by atoms with van der Waals surface area (Å²) in [5.41, 5.74) is 0.499. The molecule has 1 N–H and O–H groups in total. The molecule has 0 heterocycles. The van der Waals surface area contributed by atoms with Crippen molar-refractivity contribution in [2.24, 2.45) is 0 Å². The minimum atomic E-state index is -3.21. The highest BCUT2D eigenvalue weighted by molar-refractivity contribution is 9.10. The van der Waals surface area contributed by atoms with Crippen LogP contribution in [0.15, 0.2) is 22.7 Å². The summed E-state index contributed by atoms with van der Waals surface area (Å²) >= 11 is 3.25. The minimum absolute atomic E-state index is 0.105. The molecular formula is C11H15BrFNO2S. The molecule has 0 aliphatic rings. The molecule has 0 amide bonds. The first kappa shape index (κ1) is 14.6. The molecule has 6 heteroatoms. The highest BCUT2D eigenvalue weighted by Crippen LogP contribution is 2.15. The Morgan fingerprint density at radius 3 is 2.76 bits per heavy atom. The van der Waals surface area contributed by atoms with Crippen LogP contribution in [0.2, 0.25) is 0 Å². The van der Waals surface area contributed by atoms with E-state index in [2.05, 4.69) is 20.7 Å². The number of halogens is 2. The highest BCUT2D eigenvalue weighted by atomic mass is 79.9. The molecule has 0 bridgehead atoms. The van der Waals surface area contributed by atoms with Crippen LogP contribution < -0.4 is 4.72 Å². The number of hydrogen-bond donors (Lipinski definition) is 1. The zero-order chi connectivity index (χ0) is 12.9. The molecule has 0 unspecified atom stereocenters. The molecule has 0 radical (unpaired) electrons. The quantitative estimate of drug-likeness (QED) is 0.874. The maximum Gasteiger partial charge on any atom is 0.211 e. The standard InChI is InChI=1S/C11H15BrFNO2S/c1-2-7-17(15,16)14-6-5-9-8-10(12)3-4-11(9)13/h3-4,8,14H,2,5-7H2,1H3. The molecule has 0 aliphatic carbocycles. The van der Waals surface area contributed by atoms with Crippen molar-refractivity contribution < 1.29 is 12.8 Å². The van der Waals surface area contributed by atoms with Gasteiger partial charge >= 0.3 is 0 Å². The second-order valence-electron chi connectivity index (χ2n) is 3.70. The molecule has 1 aromatic rings. The number of hydrogen-bond acceptors (Lipinski definition) is 2. The van der Waals surface area contributed by atoms with Gasteiger partial charge in [-0.25, -0.2) is 17.5 Å². The van der Waals surface area contributed by atoms with E-state index in [-0.39, 0.29) is 18.1 Å². The fourth-order valence-electron chi connectivity index (χ4n) is 1.42. The third-order valence-electron chi connectivity index (χ3n) is 2.20. The number of sulfonamides is 1. The van der Waals surface area contributed by atoms with Crippen molar-refractivity contribution in [1.82, 2.24) is 4.72 Å². The largest absolute Gasteiger partial charge is 0.215 e. The van der Waals surface area contributed by atoms with Gasteiger partial charge in [0.1, 0.15) is 5.82 Å². The van der Waals surface area contributed by atoms with Gasteiger partial charge in [-0.15, -0.1) is 0 Å². The average Bonchev–Trinajstić information content (AvgIpc) is 2.23. The summed E-state index contributed by atoms with van der Waals surface area (Å²) in [7, 11) is -3.21. The first-order valence-corrected chi connectivity index (χ1v) is 7.80. The Morgan fingerprint density at radius 1 is 1.41 bits per heavy atom. The Hall–Kier alpha value is -0.460. The van der Waals surface area contributed by atoms with E-state index in [0.29, 0.717) is 18.4 Å². The van der Waals surface area contributed by atoms with Crippen LogP contribution in [0.1, 0.15) is 18.9 Å². The van der Waals surface area contributed by atoms with Crippen molar-refractivity contribution in [3.63, 3.8) is 0 Å². The van der Waals surface area contributed by atoms with E-state index in [1.54, 1.807) is 19.1 Å². The fourth-order valence-corrected chi connectivity index (χ4v) is 2.92. The predicted octanol–water partition coefficient (Wildman–Crippen LogP) is 2.46. The molecule has 1 aromatic carbocycles. The monoisotopic (exact) mass is 323 g/mol. The molecular weight excluding hydrogens is 309 g/mol. The molecule has 0 saturated heterocycles. The highest BCUT2D eigenvalue weighted by Gasteiger charge is 2.08. The zero-order valence-electron chi connectivity index (χ0n) is 9.54. The molecule has 0 atom stereocenters. The normalized spacial score (nSPS) is 11.7. The second-order valence-corrected chi connectivity index (χ2v) is 6.54. The molecule has 0 saturated carbocycles. The first-order valence-electron chi connectivity index (χ1n) is 5.36. The van der Waals surface area contributed by atoms with Crippen molar-refractivity contribution in [1.29, 1.82) is 0 Å². The van der Waals surface area contributed by atoms with Crippen molar-refractivity contribution in [3.8, 4) is 0 Å². The van der Waals surface area contributed by atoms with E-state index >= 15 is 0 Å². The molecule has 3 nitrogen and oxygen atoms in total. The van der Waals surface area contributed by atoms with Crippen molar-refractivity contribution in [2.75, 3.05) is 12.3 Å². The average molecular weight is 324 g/mol. The summed E-state index contributed by atoms with van der Waals surface area (Å²) in [4.78, 5) is 0. The first-order chi connectivity index (χ1) is 7.94. The zero-order valence-corrected chi connectivity index (χ0v) is 11.9. The van der Waals surface area contributed by atoms with Crippen LogP contribution in [0.4, 0.5) is 4.39 Å². The summed E-state index contributed by atoms with van der Waals surface area (Å²) in [5.74, 6) is -0.212. The van der Waals surface area contributed by atoms with Crippen molar-refractivity contribution in [2.45, 2.75) is 19.8 Å². The molecule has 96 valence electrons. The van der Waals surface area contributed by atoms with Gasteiger partial charge in [0, 0.05) is 11.0 Å². The SMILES string of the molecule is CCCS(=O)(=O)NCCc1cc(Br)ccc1F. The summed E-state index contributed by atoms with van der Waals surface area (Å²) in [5, 5.41) is 0. The maximum absolute atomic E-state index is 13.3. The third-order valence-corrected chi connectivity index (χ3v) is 4.28. The lowest BCUT2D eigenvalue weighted by Gasteiger charge is -2.06. The lowest BCUT2D eigenvalue weighted by atomic mass is 10.1. The van der Waals surface area contributed by atoms with E-state index < -0.39 is 10.0 Å². The minimum Gasteiger partial charge on any atom is -0.215 e. The van der Waals surface area contributed by atoms with Crippen LogP contribution in [0.3, 0.4) is 0 Å². The van der Waals surface area contributed by atoms with Gasteiger partial charge in [0.15, 0.2) is 0 Å². The Bertz CT molecular complexity index is 476. The van der Waals surface area contributed by atoms with Gasteiger partial charge in [0.25, 0.3) is 0 Å². The summed E-state index contributed by atoms with van der Waals surface area (Å²) in [6, 6.07) is 4.63. The Morgan fingerprint density at radius 2 is 2.12 bits per heavy atom. The summed E-state index contributed by atoms with van der Waals surface area (Å²) in [6.45, 7) is 2.02. The molecule has 17 heavy (non-hydrogen) atoms. The lowest BCUT2D eigenvalue weighted by molar-refractivity contribution is 0.576. The molecule has 0 aromatic heterocycles. The maximum atomic E-state index is 13.3. The Balaban J connectivity index is 2.54. The lowest BCUT2D eigenvalue weighted by Crippen LogP contribution is -2.28. The molecule has 0 spiro atoms. The second kappa shape index (κ2) is 6.47. The Kier molecular flexibility index (Phi) is 5.55. The van der Waals surface area contributed by atoms with Crippen LogP contribution in [0.5, 0.6) is 0 Å². The number of nitrogens with one attached hydrogen (secondary N) is 1. The Labute approximate surface area is 110 Å². The van der Waals surface area contributed by atoms with Gasteiger partial charge in [-0.3, -0.25) is 0 Å². The molecule has 0 fully saturated rings. The molecule has 0 aliphatic heterocycles. The van der Waals surface area contributed by atoms with Crippen LogP contribution in [-0.2, 0) is 16.4 Å². The van der Waals surface area contributed by atoms with E-state index in [4.69, 9.17) is 0 Å². The van der Waals surface area contributed by atoms with Gasteiger partial charge < -0.3 is 0 Å². The van der Waals surface area contributed by atoms with E-state index in [9.17, 15) is 12.8 Å². The number of benzene rings is 1. The summed E-state index contributed by atoms with van der Waals surface area (Å²) < 4.78 is 39.3. The van der Waals surface area contributed by atoms with Gasteiger partial charge in [-0.05, 0) is 36.6 Å². The third kappa shape index (κ3) is 5.14. The smallest absolute Gasteiger partial charge is 0.211 e.